The van der Waals surface area contributed by atoms with Crippen molar-refractivity contribution in [3.8, 4) is 11.5 Å². The average molecular weight is 472 g/mol. The number of nitrogens with one attached hydrogen (secondary N) is 2. The summed E-state index contributed by atoms with van der Waals surface area (Å²) in [6.07, 6.45) is 1.83. The molecule has 2 amide bonds. The van der Waals surface area contributed by atoms with Crippen LogP contribution in [0.2, 0.25) is 5.02 Å². The van der Waals surface area contributed by atoms with Crippen LogP contribution < -0.4 is 16.4 Å². The van der Waals surface area contributed by atoms with E-state index in [1.54, 1.807) is 24.3 Å². The van der Waals surface area contributed by atoms with E-state index in [9.17, 15) is 14.0 Å². The maximum Gasteiger partial charge on any atom is 0.273 e. The monoisotopic (exact) mass is 471 g/mol. The fraction of sp³-hybridized carbons (Fsp3) is 0.261. The van der Waals surface area contributed by atoms with Gasteiger partial charge in [-0.2, -0.15) is 0 Å². The van der Waals surface area contributed by atoms with Crippen molar-refractivity contribution in [1.29, 1.82) is 0 Å². The highest BCUT2D eigenvalue weighted by molar-refractivity contribution is 6.33. The molecule has 4 rings (SSSR count). The third-order valence-electron chi connectivity index (χ3n) is 5.50. The van der Waals surface area contributed by atoms with Gasteiger partial charge >= 0.3 is 0 Å². The zero-order chi connectivity index (χ0) is 23.5. The second kappa shape index (κ2) is 9.60. The van der Waals surface area contributed by atoms with Gasteiger partial charge in [-0.05, 0) is 69.4 Å². The van der Waals surface area contributed by atoms with E-state index in [1.165, 1.54) is 18.2 Å². The van der Waals surface area contributed by atoms with Crippen molar-refractivity contribution in [2.75, 3.05) is 25.5 Å². The summed E-state index contributed by atoms with van der Waals surface area (Å²) in [6, 6.07) is 10.9. The maximum absolute atomic E-state index is 14.3. The SMILES string of the molecule is CN1CCC(NC(=O)c2ccc(Nc3oc(-c4c(F)cccc4Cl)nc3C(N)=O)cc2)CC1. The van der Waals surface area contributed by atoms with Crippen molar-refractivity contribution in [3.63, 3.8) is 0 Å². The number of hydrogen-bond acceptors (Lipinski definition) is 6. The quantitative estimate of drug-likeness (QED) is 0.504. The van der Waals surface area contributed by atoms with Crippen LogP contribution in [0.15, 0.2) is 46.9 Å². The molecule has 1 aliphatic rings. The zero-order valence-electron chi connectivity index (χ0n) is 17.9. The molecule has 172 valence electrons. The summed E-state index contributed by atoms with van der Waals surface area (Å²) in [7, 11) is 2.07. The van der Waals surface area contributed by atoms with Gasteiger partial charge in [0.15, 0.2) is 5.69 Å². The number of oxazole rings is 1. The Morgan fingerprint density at radius 2 is 1.88 bits per heavy atom. The Morgan fingerprint density at radius 3 is 2.52 bits per heavy atom. The summed E-state index contributed by atoms with van der Waals surface area (Å²) in [5.74, 6) is -1.88. The molecule has 33 heavy (non-hydrogen) atoms. The van der Waals surface area contributed by atoms with Crippen LogP contribution in [-0.4, -0.2) is 47.9 Å². The van der Waals surface area contributed by atoms with Crippen LogP contribution in [0, 0.1) is 5.82 Å². The van der Waals surface area contributed by atoms with E-state index in [-0.39, 0.29) is 40.0 Å². The van der Waals surface area contributed by atoms with E-state index in [2.05, 4.69) is 27.6 Å². The Kier molecular flexibility index (Phi) is 6.62. The molecule has 1 fully saturated rings. The molecule has 0 atom stereocenters. The van der Waals surface area contributed by atoms with Crippen molar-refractivity contribution < 1.29 is 18.4 Å². The highest BCUT2D eigenvalue weighted by atomic mass is 35.5. The Balaban J connectivity index is 1.50. The Morgan fingerprint density at radius 1 is 1.18 bits per heavy atom. The molecule has 0 saturated carbocycles. The minimum atomic E-state index is -0.853. The van der Waals surface area contributed by atoms with Gasteiger partial charge in [-0.3, -0.25) is 9.59 Å². The van der Waals surface area contributed by atoms with Crippen molar-refractivity contribution in [3.05, 3.63) is 64.6 Å². The molecule has 1 saturated heterocycles. The zero-order valence-corrected chi connectivity index (χ0v) is 18.7. The summed E-state index contributed by atoms with van der Waals surface area (Å²) < 4.78 is 19.8. The molecule has 4 N–H and O–H groups in total. The summed E-state index contributed by atoms with van der Waals surface area (Å²) in [5.41, 5.74) is 6.17. The minimum Gasteiger partial charge on any atom is -0.419 e. The van der Waals surface area contributed by atoms with Gasteiger partial charge < -0.3 is 25.7 Å². The van der Waals surface area contributed by atoms with E-state index >= 15 is 0 Å². The molecule has 0 radical (unpaired) electrons. The van der Waals surface area contributed by atoms with E-state index in [1.807, 2.05) is 0 Å². The summed E-state index contributed by atoms with van der Waals surface area (Å²) in [5, 5.41) is 6.04. The molecule has 10 heteroatoms. The van der Waals surface area contributed by atoms with Crippen LogP contribution in [-0.2, 0) is 0 Å². The van der Waals surface area contributed by atoms with Crippen molar-refractivity contribution >= 4 is 35.0 Å². The van der Waals surface area contributed by atoms with Gasteiger partial charge in [0.05, 0.1) is 10.6 Å². The second-order valence-corrected chi connectivity index (χ2v) is 8.32. The standard InChI is InChI=1S/C23H23ClFN5O3/c1-30-11-9-15(10-12-30)27-21(32)13-5-7-14(8-6-13)28-23-19(20(26)31)29-22(33-23)18-16(24)3-2-4-17(18)25/h2-8,15,28H,9-12H2,1H3,(H2,26,31)(H,27,32). The van der Waals surface area contributed by atoms with Gasteiger partial charge in [0.2, 0.25) is 11.8 Å². The summed E-state index contributed by atoms with van der Waals surface area (Å²) >= 11 is 6.07. The van der Waals surface area contributed by atoms with E-state index in [0.717, 1.165) is 25.9 Å². The first kappa shape index (κ1) is 22.8. The maximum atomic E-state index is 14.3. The lowest BCUT2D eigenvalue weighted by atomic mass is 10.0. The first-order valence-electron chi connectivity index (χ1n) is 10.4. The van der Waals surface area contributed by atoms with Gasteiger partial charge in [-0.15, -0.1) is 0 Å². The number of nitrogens with zero attached hydrogens (tertiary/aromatic N) is 2. The number of nitrogens with two attached hydrogens (primary N) is 1. The lowest BCUT2D eigenvalue weighted by molar-refractivity contribution is 0.0916. The summed E-state index contributed by atoms with van der Waals surface area (Å²) in [4.78, 5) is 30.7. The molecule has 1 aromatic heterocycles. The van der Waals surface area contributed by atoms with Crippen LogP contribution in [0.1, 0.15) is 33.7 Å². The predicted octanol–water partition coefficient (Wildman–Crippen LogP) is 3.80. The molecular weight excluding hydrogens is 449 g/mol. The average Bonchev–Trinajstić information content (AvgIpc) is 3.19. The van der Waals surface area contributed by atoms with E-state index < -0.39 is 11.7 Å². The largest absolute Gasteiger partial charge is 0.419 e. The number of aromatic nitrogens is 1. The number of anilines is 2. The lowest BCUT2D eigenvalue weighted by Crippen LogP contribution is -2.43. The molecule has 1 aliphatic heterocycles. The van der Waals surface area contributed by atoms with Crippen LogP contribution in [0.25, 0.3) is 11.5 Å². The molecule has 2 aromatic carbocycles. The molecule has 0 aliphatic carbocycles. The molecule has 0 bridgehead atoms. The van der Waals surface area contributed by atoms with E-state index in [4.69, 9.17) is 21.8 Å². The number of amides is 2. The number of carbonyl (C=O) groups is 2. The number of carbonyl (C=O) groups excluding carboxylic acids is 2. The Hall–Kier alpha value is -3.43. The van der Waals surface area contributed by atoms with Crippen molar-refractivity contribution in [1.82, 2.24) is 15.2 Å². The lowest BCUT2D eigenvalue weighted by Gasteiger charge is -2.29. The van der Waals surface area contributed by atoms with Crippen molar-refractivity contribution in [2.45, 2.75) is 18.9 Å². The molecule has 2 heterocycles. The number of rotatable bonds is 6. The van der Waals surface area contributed by atoms with Gasteiger partial charge in [0.1, 0.15) is 5.82 Å². The summed E-state index contributed by atoms with van der Waals surface area (Å²) in [6.45, 7) is 1.90. The predicted molar refractivity (Wildman–Crippen MR) is 123 cm³/mol. The number of benzene rings is 2. The van der Waals surface area contributed by atoms with Crippen LogP contribution >= 0.6 is 11.6 Å². The second-order valence-electron chi connectivity index (χ2n) is 7.91. The molecule has 0 unspecified atom stereocenters. The third kappa shape index (κ3) is 5.15. The minimum absolute atomic E-state index is 0.0552. The Bertz CT molecular complexity index is 1150. The van der Waals surface area contributed by atoms with Gasteiger partial charge in [0.25, 0.3) is 11.8 Å². The molecule has 8 nitrogen and oxygen atoms in total. The highest BCUT2D eigenvalue weighted by Crippen LogP contribution is 2.34. The topological polar surface area (TPSA) is 113 Å². The number of primary amides is 1. The van der Waals surface area contributed by atoms with Gasteiger partial charge in [-0.1, -0.05) is 17.7 Å². The number of halogens is 2. The molecule has 0 spiro atoms. The van der Waals surface area contributed by atoms with Crippen LogP contribution in [0.3, 0.4) is 0 Å². The fourth-order valence-corrected chi connectivity index (χ4v) is 3.88. The van der Waals surface area contributed by atoms with Crippen LogP contribution in [0.4, 0.5) is 16.0 Å². The number of likely N-dealkylation sites (tertiary alicyclic amines) is 1. The number of hydrogen-bond donors (Lipinski definition) is 3. The normalized spacial score (nSPS) is 14.8. The third-order valence-corrected chi connectivity index (χ3v) is 5.81. The highest BCUT2D eigenvalue weighted by Gasteiger charge is 2.23. The van der Waals surface area contributed by atoms with Crippen molar-refractivity contribution in [2.24, 2.45) is 5.73 Å². The first-order valence-corrected chi connectivity index (χ1v) is 10.8. The van der Waals surface area contributed by atoms with E-state index in [0.29, 0.717) is 11.3 Å². The molecule has 3 aromatic rings. The fourth-order valence-electron chi connectivity index (χ4n) is 3.64. The first-order chi connectivity index (χ1) is 15.8. The number of piperidine rings is 1. The smallest absolute Gasteiger partial charge is 0.273 e. The van der Waals surface area contributed by atoms with Gasteiger partial charge in [0, 0.05) is 17.3 Å². The molecular formula is C23H23ClFN5O3. The Labute approximate surface area is 194 Å². The van der Waals surface area contributed by atoms with Crippen LogP contribution in [0.5, 0.6) is 0 Å². The van der Waals surface area contributed by atoms with Gasteiger partial charge in [-0.25, -0.2) is 9.37 Å².